The summed E-state index contributed by atoms with van der Waals surface area (Å²) < 4.78 is 44.5. The van der Waals surface area contributed by atoms with E-state index in [0.717, 1.165) is 0 Å². The molecule has 0 amide bonds. The fourth-order valence-corrected chi connectivity index (χ4v) is 8.92. The van der Waals surface area contributed by atoms with E-state index in [1.807, 2.05) is 81.4 Å². The molecule has 3 aliphatic rings. The highest BCUT2D eigenvalue weighted by Gasteiger charge is 2.52. The van der Waals surface area contributed by atoms with Gasteiger partial charge in [0.1, 0.15) is 6.10 Å². The molecule has 3 saturated heterocycles. The Bertz CT molecular complexity index is 1210. The van der Waals surface area contributed by atoms with Gasteiger partial charge in [0.15, 0.2) is 18.7 Å². The monoisotopic (exact) mass is 774 g/mol. The van der Waals surface area contributed by atoms with E-state index in [1.165, 1.54) is 6.92 Å². The number of aliphatic hydroxyl groups excluding tert-OH is 1. The predicted octanol–water partition coefficient (Wildman–Crippen LogP) is 3.32. The second-order valence-electron chi connectivity index (χ2n) is 17.5. The van der Waals surface area contributed by atoms with Crippen LogP contribution < -0.4 is 5.73 Å². The molecule has 0 radical (unpaired) electrons. The zero-order chi connectivity index (χ0) is 41.0. The third-order valence-corrected chi connectivity index (χ3v) is 12.6. The quantitative estimate of drug-likeness (QED) is 0.307. The van der Waals surface area contributed by atoms with Crippen molar-refractivity contribution < 1.29 is 53.0 Å². The van der Waals surface area contributed by atoms with E-state index in [0.29, 0.717) is 19.4 Å². The van der Waals surface area contributed by atoms with Crippen molar-refractivity contribution in [3.05, 3.63) is 0 Å². The van der Waals surface area contributed by atoms with Gasteiger partial charge in [-0.25, -0.2) is 0 Å². The lowest BCUT2D eigenvalue weighted by Gasteiger charge is -2.49. The molecule has 18 atom stereocenters. The number of aliphatic hydroxyl groups is 2. The van der Waals surface area contributed by atoms with E-state index in [1.54, 1.807) is 21.0 Å². The van der Waals surface area contributed by atoms with Crippen LogP contribution in [0.3, 0.4) is 0 Å². The van der Waals surface area contributed by atoms with Crippen molar-refractivity contribution in [3.8, 4) is 0 Å². The van der Waals surface area contributed by atoms with E-state index in [4.69, 9.17) is 38.9 Å². The zero-order valence-electron chi connectivity index (χ0n) is 35.8. The summed E-state index contributed by atoms with van der Waals surface area (Å²) in [6, 6.07) is -0.828. The number of rotatable bonds is 8. The molecule has 3 aliphatic heterocycles. The molecule has 4 N–H and O–H groups in total. The van der Waals surface area contributed by atoms with Crippen molar-refractivity contribution in [2.45, 2.75) is 186 Å². The van der Waals surface area contributed by atoms with Gasteiger partial charge in [-0.2, -0.15) is 0 Å². The van der Waals surface area contributed by atoms with E-state index < -0.39 is 90.2 Å². The second-order valence-corrected chi connectivity index (χ2v) is 17.5. The maximum Gasteiger partial charge on any atom is 0.311 e. The van der Waals surface area contributed by atoms with E-state index in [-0.39, 0.29) is 42.9 Å². The highest BCUT2D eigenvalue weighted by atomic mass is 16.7. The molecule has 14 heteroatoms. The smallest absolute Gasteiger partial charge is 0.311 e. The molecule has 3 heterocycles. The fourth-order valence-electron chi connectivity index (χ4n) is 8.92. The minimum absolute atomic E-state index is 0.161. The van der Waals surface area contributed by atoms with E-state index in [9.17, 15) is 19.8 Å². The second kappa shape index (κ2) is 19.3. The van der Waals surface area contributed by atoms with Crippen LogP contribution in [0.15, 0.2) is 0 Å². The van der Waals surface area contributed by atoms with Gasteiger partial charge in [-0.1, -0.05) is 27.7 Å². The fraction of sp³-hybridized carbons (Fsp3) is 0.950. The van der Waals surface area contributed by atoms with Crippen molar-refractivity contribution in [1.29, 1.82) is 0 Å². The average Bonchev–Trinajstić information content (AvgIpc) is 3.09. The molecule has 3 fully saturated rings. The molecular weight excluding hydrogens is 698 g/mol. The average molecular weight is 774 g/mol. The summed E-state index contributed by atoms with van der Waals surface area (Å²) in [6.07, 6.45) is -4.98. The summed E-state index contributed by atoms with van der Waals surface area (Å²) >= 11 is 0. The van der Waals surface area contributed by atoms with Crippen LogP contribution in [0.1, 0.15) is 102 Å². The molecule has 316 valence electrons. The van der Waals surface area contributed by atoms with Gasteiger partial charge in [0.05, 0.1) is 59.7 Å². The Morgan fingerprint density at radius 3 is 2.20 bits per heavy atom. The number of methoxy groups -OCH3 is 1. The standard InChI is InChI=1S/C40H75N3O11/c1-16-30-24(5)32(45)21(2)20-43(14)22(3)18-39(10,47)36(54-38-34(51-28(9)44)29(42(12)13)17-23(4)49-38)25(6)33(26(7)37(46)52-30)53-31-19-40(11,48-15)35(41)27(8)50-31/h21-27,29-36,38,45,47H,16-20,41H2,1-15H3/t21-,22+,23+,24-,25-,26+,27-,29-,30+,31-,32+,33-,34+,35+,36+,38-,39?,40+/m0/s1. The molecule has 0 bridgehead atoms. The van der Waals surface area contributed by atoms with Crippen LogP contribution in [0.25, 0.3) is 0 Å². The molecule has 0 aromatic rings. The normalized spacial score (nSPS) is 46.7. The summed E-state index contributed by atoms with van der Waals surface area (Å²) in [6.45, 7) is 20.8. The minimum atomic E-state index is -1.54. The minimum Gasteiger partial charge on any atom is -0.462 e. The molecule has 0 spiro atoms. The largest absolute Gasteiger partial charge is 0.462 e. The van der Waals surface area contributed by atoms with Crippen LogP contribution in [0, 0.1) is 23.7 Å². The number of nitrogens with two attached hydrogens (primary N) is 1. The molecule has 54 heavy (non-hydrogen) atoms. The third-order valence-electron chi connectivity index (χ3n) is 12.6. The van der Waals surface area contributed by atoms with Gasteiger partial charge >= 0.3 is 11.9 Å². The first kappa shape index (κ1) is 46.9. The maximum absolute atomic E-state index is 14.3. The summed E-state index contributed by atoms with van der Waals surface area (Å²) in [4.78, 5) is 30.9. The number of cyclic esters (lactones) is 1. The maximum atomic E-state index is 14.3. The number of ether oxygens (including phenoxy) is 7. The highest BCUT2D eigenvalue weighted by molar-refractivity contribution is 5.73. The van der Waals surface area contributed by atoms with Crippen LogP contribution in [0.2, 0.25) is 0 Å². The van der Waals surface area contributed by atoms with E-state index >= 15 is 0 Å². The summed E-state index contributed by atoms with van der Waals surface area (Å²) in [5.74, 6) is -3.06. The lowest BCUT2D eigenvalue weighted by atomic mass is 9.78. The molecule has 0 aromatic carbocycles. The van der Waals surface area contributed by atoms with Crippen LogP contribution >= 0.6 is 0 Å². The van der Waals surface area contributed by atoms with Gasteiger partial charge in [-0.3, -0.25) is 9.59 Å². The van der Waals surface area contributed by atoms with Gasteiger partial charge in [-0.15, -0.1) is 0 Å². The van der Waals surface area contributed by atoms with Crippen LogP contribution in [0.4, 0.5) is 0 Å². The van der Waals surface area contributed by atoms with Crippen molar-refractivity contribution in [2.75, 3.05) is 34.8 Å². The first-order chi connectivity index (χ1) is 25.0. The molecular formula is C40H75N3O11. The summed E-state index contributed by atoms with van der Waals surface area (Å²) in [7, 11) is 7.41. The number of esters is 2. The van der Waals surface area contributed by atoms with Crippen molar-refractivity contribution in [2.24, 2.45) is 29.4 Å². The Morgan fingerprint density at radius 2 is 1.65 bits per heavy atom. The van der Waals surface area contributed by atoms with Crippen molar-refractivity contribution in [3.63, 3.8) is 0 Å². The third kappa shape index (κ3) is 11.1. The molecule has 0 aliphatic carbocycles. The van der Waals surface area contributed by atoms with Gasteiger partial charge in [0.25, 0.3) is 0 Å². The summed E-state index contributed by atoms with van der Waals surface area (Å²) in [5.41, 5.74) is 4.21. The number of carbonyl (C=O) groups is 2. The molecule has 0 aromatic heterocycles. The number of hydrogen-bond acceptors (Lipinski definition) is 14. The SMILES string of the molecule is CC[C@H]1OC(=O)[C@H](C)[C@@H](O[C@H]2C[C@@](C)(OC)[C@H](N)[C@H](C)O2)[C@H](C)[C@@H](O[C@@H]2O[C@H](C)C[C@H](N(C)C)[C@H]2OC(C)=O)C(C)(O)C[C@@H](C)N(C)C[C@H](C)[C@@H](O)[C@H]1C. The number of hydrogen-bond donors (Lipinski definition) is 3. The van der Waals surface area contributed by atoms with Crippen LogP contribution in [-0.2, 0) is 42.7 Å². The Labute approximate surface area is 325 Å². The molecule has 0 saturated carbocycles. The topological polar surface area (TPSA) is 172 Å². The van der Waals surface area contributed by atoms with Gasteiger partial charge in [-0.05, 0) is 87.9 Å². The van der Waals surface area contributed by atoms with Crippen molar-refractivity contribution >= 4 is 11.9 Å². The lowest BCUT2D eigenvalue weighted by molar-refractivity contribution is -0.312. The number of carbonyl (C=O) groups excluding carboxylic acids is 2. The number of likely N-dealkylation sites (N-methyl/N-ethyl adjacent to an activating group) is 1. The van der Waals surface area contributed by atoms with E-state index in [2.05, 4.69) is 4.90 Å². The molecule has 3 rings (SSSR count). The Balaban J connectivity index is 2.21. The summed E-state index contributed by atoms with van der Waals surface area (Å²) in [5, 5.41) is 24.2. The Morgan fingerprint density at radius 1 is 1.02 bits per heavy atom. The Hall–Kier alpha value is -1.46. The molecule has 1 unspecified atom stereocenters. The first-order valence-electron chi connectivity index (χ1n) is 20.0. The predicted molar refractivity (Wildman–Crippen MR) is 204 cm³/mol. The van der Waals surface area contributed by atoms with Crippen molar-refractivity contribution in [1.82, 2.24) is 9.80 Å². The lowest BCUT2D eigenvalue weighted by Crippen LogP contribution is -2.62. The Kier molecular flexibility index (Phi) is 16.8. The first-order valence-corrected chi connectivity index (χ1v) is 20.0. The zero-order valence-corrected chi connectivity index (χ0v) is 35.8. The van der Waals surface area contributed by atoms with Crippen LogP contribution in [0.5, 0.6) is 0 Å². The van der Waals surface area contributed by atoms with Gasteiger partial charge in [0, 0.05) is 44.9 Å². The molecule has 14 nitrogen and oxygen atoms in total. The van der Waals surface area contributed by atoms with Gasteiger partial charge in [0.2, 0.25) is 0 Å². The van der Waals surface area contributed by atoms with Crippen LogP contribution in [-0.4, -0.2) is 151 Å². The highest BCUT2D eigenvalue weighted by Crippen LogP contribution is 2.40. The number of nitrogens with zero attached hydrogens (tertiary/aromatic N) is 2. The van der Waals surface area contributed by atoms with Gasteiger partial charge < -0.3 is 58.9 Å².